The van der Waals surface area contributed by atoms with Gasteiger partial charge in [0.1, 0.15) is 25.4 Å². The maximum atomic E-state index is 13.9. The summed E-state index contributed by atoms with van der Waals surface area (Å²) in [6.07, 6.45) is 9.62. The number of aliphatic hydroxyl groups excluding tert-OH is 1. The van der Waals surface area contributed by atoms with Gasteiger partial charge in [-0.15, -0.1) is 5.10 Å². The Morgan fingerprint density at radius 3 is 2.67 bits per heavy atom. The minimum Gasteiger partial charge on any atom is -0.396 e. The van der Waals surface area contributed by atoms with Crippen molar-refractivity contribution in [2.24, 2.45) is 5.92 Å². The van der Waals surface area contributed by atoms with E-state index in [1.54, 1.807) is 24.4 Å². The highest BCUT2D eigenvalue weighted by Crippen LogP contribution is 2.39. The number of rotatable bonds is 8. The lowest BCUT2D eigenvalue weighted by Crippen LogP contribution is -2.38. The molecule has 0 aliphatic heterocycles. The smallest absolute Gasteiger partial charge is 0.148 e. The molecule has 4 aromatic rings. The Balaban J connectivity index is 1.44. The molecule has 2 aromatic heterocycles. The van der Waals surface area contributed by atoms with E-state index in [-0.39, 0.29) is 24.4 Å². The molecule has 0 spiro atoms. The predicted octanol–water partition coefficient (Wildman–Crippen LogP) is 4.73. The zero-order valence-electron chi connectivity index (χ0n) is 22.2. The van der Waals surface area contributed by atoms with Crippen molar-refractivity contribution in [1.29, 1.82) is 5.26 Å². The molecule has 2 aliphatic carbocycles. The average molecular weight is 558 g/mol. The molecule has 11 heteroatoms. The highest BCUT2D eigenvalue weighted by atomic mass is 35.5. The minimum absolute atomic E-state index is 0.0359. The van der Waals surface area contributed by atoms with Crippen molar-refractivity contribution in [3.8, 4) is 6.07 Å². The molecule has 0 bridgehead atoms. The molecule has 3 N–H and O–H groups in total. The summed E-state index contributed by atoms with van der Waals surface area (Å²) in [5.41, 5.74) is 2.97. The molecule has 2 fully saturated rings. The Kier molecular flexibility index (Phi) is 7.11. The Bertz CT molecular complexity index is 1590. The Hall–Kier alpha value is -3.68. The lowest BCUT2D eigenvalue weighted by molar-refractivity contribution is 0.178. The zero-order chi connectivity index (χ0) is 27.9. The van der Waals surface area contributed by atoms with E-state index in [0.717, 1.165) is 44.1 Å². The fraction of sp³-hybridized carbons (Fsp3) is 0.379. The first kappa shape index (κ1) is 26.5. The Labute approximate surface area is 238 Å². The summed E-state index contributed by atoms with van der Waals surface area (Å²) in [6.45, 7) is 0.0910. The zero-order valence-corrected chi connectivity index (χ0v) is 23.0. The molecule has 2 heterocycles. The van der Waals surface area contributed by atoms with Crippen LogP contribution in [0.2, 0.25) is 5.02 Å². The molecule has 40 heavy (non-hydrogen) atoms. The van der Waals surface area contributed by atoms with Gasteiger partial charge in [0, 0.05) is 35.8 Å². The van der Waals surface area contributed by atoms with Gasteiger partial charge in [-0.25, -0.2) is 9.07 Å². The van der Waals surface area contributed by atoms with Gasteiger partial charge >= 0.3 is 0 Å². The quantitative estimate of drug-likeness (QED) is 0.268. The second-order valence-electron chi connectivity index (χ2n) is 11.1. The number of nitrogens with zero attached hydrogens (tertiary/aromatic N) is 5. The van der Waals surface area contributed by atoms with Crippen molar-refractivity contribution in [2.45, 2.75) is 56.0 Å². The van der Waals surface area contributed by atoms with Crippen LogP contribution in [-0.2, 0) is 5.44 Å². The van der Waals surface area contributed by atoms with Crippen LogP contribution in [0, 0.1) is 23.1 Å². The van der Waals surface area contributed by atoms with Gasteiger partial charge in [0.2, 0.25) is 0 Å². The molecule has 0 radical (unpaired) electrons. The summed E-state index contributed by atoms with van der Waals surface area (Å²) >= 11 is 6.79. The molecule has 2 aliphatic rings. The molecule has 0 amide bonds. The highest BCUT2D eigenvalue weighted by molar-refractivity contribution is 6.36. The second kappa shape index (κ2) is 10.7. The van der Waals surface area contributed by atoms with E-state index >= 15 is 0 Å². The largest absolute Gasteiger partial charge is 0.396 e. The van der Waals surface area contributed by atoms with E-state index in [0.29, 0.717) is 44.6 Å². The van der Waals surface area contributed by atoms with E-state index < -0.39 is 5.44 Å². The lowest BCUT2D eigenvalue weighted by Gasteiger charge is -2.33. The molecular formula is C29H30BClFN7O. The number of fused-ring (bicyclic) bond motifs is 1. The molecule has 8 nitrogen and oxygen atoms in total. The average Bonchev–Trinajstić information content (AvgIpc) is 3.69. The molecular weight excluding hydrogens is 528 g/mol. The van der Waals surface area contributed by atoms with E-state index in [4.69, 9.17) is 11.6 Å². The Morgan fingerprint density at radius 1 is 1.18 bits per heavy atom. The number of nitriles is 1. The monoisotopic (exact) mass is 557 g/mol. The fourth-order valence-electron chi connectivity index (χ4n) is 5.75. The summed E-state index contributed by atoms with van der Waals surface area (Å²) < 4.78 is 15.8. The number of aliphatic hydroxyl groups is 1. The summed E-state index contributed by atoms with van der Waals surface area (Å²) in [7, 11) is 1.98. The normalized spacial score (nSPS) is 20.6. The summed E-state index contributed by atoms with van der Waals surface area (Å²) in [5, 5.41) is 37.1. The van der Waals surface area contributed by atoms with Crippen molar-refractivity contribution in [3.63, 3.8) is 0 Å². The van der Waals surface area contributed by atoms with Crippen LogP contribution in [0.15, 0.2) is 48.8 Å². The van der Waals surface area contributed by atoms with E-state index in [1.807, 2.05) is 24.8 Å². The van der Waals surface area contributed by atoms with Gasteiger partial charge in [-0.1, -0.05) is 41.8 Å². The molecule has 1 unspecified atom stereocenters. The third-order valence-corrected chi connectivity index (χ3v) is 8.57. The van der Waals surface area contributed by atoms with Crippen LogP contribution < -0.4 is 10.6 Å². The van der Waals surface area contributed by atoms with Gasteiger partial charge in [-0.2, -0.15) is 5.26 Å². The van der Waals surface area contributed by atoms with Gasteiger partial charge in [0.05, 0.1) is 39.5 Å². The predicted molar refractivity (Wildman–Crippen MR) is 156 cm³/mol. The third kappa shape index (κ3) is 5.00. The van der Waals surface area contributed by atoms with Crippen molar-refractivity contribution in [2.75, 3.05) is 17.2 Å². The summed E-state index contributed by atoms with van der Waals surface area (Å²) in [4.78, 5) is 4.50. The van der Waals surface area contributed by atoms with Gasteiger partial charge < -0.3 is 15.7 Å². The summed E-state index contributed by atoms with van der Waals surface area (Å²) in [5.74, 6) is -0.215. The van der Waals surface area contributed by atoms with Crippen LogP contribution in [0.25, 0.3) is 10.9 Å². The first-order valence-electron chi connectivity index (χ1n) is 13.8. The number of aromatic nitrogens is 4. The van der Waals surface area contributed by atoms with Crippen LogP contribution in [0.4, 0.5) is 15.8 Å². The fourth-order valence-corrected chi connectivity index (χ4v) is 6.02. The van der Waals surface area contributed by atoms with E-state index in [2.05, 4.69) is 32.0 Å². The lowest BCUT2D eigenvalue weighted by atomic mass is 9.69. The number of halogens is 2. The molecule has 204 valence electrons. The summed E-state index contributed by atoms with van der Waals surface area (Å²) in [6, 6.07) is 12.7. The van der Waals surface area contributed by atoms with Crippen molar-refractivity contribution in [1.82, 2.24) is 20.0 Å². The standard InChI is InChI=1S/C29H30BClFN7O/c30-29(19-5-7-20(32)8-6-19,26-15-39(38-37-26)22-9-10-22)36-21-11-23-27(35-25-4-2-1-3-17(25)16-40)18(13-33)14-34-28(23)24(31)12-21/h5-8,11-12,14-15,17,22,25,36,40H,1-4,9-10,16,30H2,(H,34,35)/t17-,25+,29?/m0/s1. The number of anilines is 2. The molecule has 2 saturated carbocycles. The molecule has 2 aromatic carbocycles. The van der Waals surface area contributed by atoms with Gasteiger partial charge in [-0.3, -0.25) is 4.98 Å². The second-order valence-corrected chi connectivity index (χ2v) is 11.5. The number of nitrogens with one attached hydrogen (secondary N) is 2. The van der Waals surface area contributed by atoms with E-state index in [1.165, 1.54) is 12.1 Å². The maximum absolute atomic E-state index is 13.9. The molecule has 3 atom stereocenters. The van der Waals surface area contributed by atoms with Crippen molar-refractivity contribution in [3.05, 3.63) is 76.5 Å². The van der Waals surface area contributed by atoms with Crippen LogP contribution in [0.3, 0.4) is 0 Å². The molecule has 0 saturated heterocycles. The number of hydrogen-bond donors (Lipinski definition) is 3. The van der Waals surface area contributed by atoms with Crippen LogP contribution in [0.5, 0.6) is 0 Å². The van der Waals surface area contributed by atoms with Crippen LogP contribution >= 0.6 is 11.6 Å². The number of benzene rings is 2. The van der Waals surface area contributed by atoms with Crippen molar-refractivity contribution >= 4 is 41.7 Å². The van der Waals surface area contributed by atoms with E-state index in [9.17, 15) is 14.8 Å². The van der Waals surface area contributed by atoms with Gasteiger partial charge in [0.15, 0.2) is 0 Å². The first-order chi connectivity index (χ1) is 19.4. The molecule has 6 rings (SSSR count). The van der Waals surface area contributed by atoms with Crippen LogP contribution in [0.1, 0.15) is 61.4 Å². The van der Waals surface area contributed by atoms with Crippen molar-refractivity contribution < 1.29 is 9.50 Å². The first-order valence-corrected chi connectivity index (χ1v) is 14.1. The number of pyridine rings is 1. The van der Waals surface area contributed by atoms with Crippen LogP contribution in [-0.4, -0.2) is 45.6 Å². The highest BCUT2D eigenvalue weighted by Gasteiger charge is 2.35. The Morgan fingerprint density at radius 2 is 1.95 bits per heavy atom. The SMILES string of the molecule is BC(Nc1cc(Cl)c2ncc(C#N)c(N[C@@H]3CCCC[C@H]3CO)c2c1)(c1ccc(F)cc1)c1cn(C2CC2)nn1. The van der Waals surface area contributed by atoms with Gasteiger partial charge in [-0.05, 0) is 55.5 Å². The third-order valence-electron chi connectivity index (χ3n) is 8.28. The maximum Gasteiger partial charge on any atom is 0.148 e. The number of hydrogen-bond acceptors (Lipinski definition) is 7. The topological polar surface area (TPSA) is 112 Å². The van der Waals surface area contributed by atoms with Gasteiger partial charge in [0.25, 0.3) is 0 Å². The minimum atomic E-state index is -0.864.